The molecule has 1 aliphatic heterocycles. The summed E-state index contributed by atoms with van der Waals surface area (Å²) in [5, 5.41) is 3.39. The van der Waals surface area contributed by atoms with Gasteiger partial charge in [-0.25, -0.2) is 4.98 Å². The van der Waals surface area contributed by atoms with E-state index in [-0.39, 0.29) is 0 Å². The van der Waals surface area contributed by atoms with Crippen molar-refractivity contribution >= 4 is 21.6 Å². The van der Waals surface area contributed by atoms with E-state index >= 15 is 0 Å². The number of aromatic nitrogens is 2. The zero-order valence-electron chi connectivity index (χ0n) is 8.99. The molecule has 1 unspecified atom stereocenters. The van der Waals surface area contributed by atoms with Crippen LogP contribution in [-0.2, 0) is 6.42 Å². The van der Waals surface area contributed by atoms with Crippen LogP contribution < -0.4 is 5.32 Å². The molecule has 1 atom stereocenters. The molecular weight excluding hydrogens is 266 g/mol. The second kappa shape index (κ2) is 4.18. The van der Waals surface area contributed by atoms with Gasteiger partial charge in [0.05, 0.1) is 10.2 Å². The summed E-state index contributed by atoms with van der Waals surface area (Å²) in [4.78, 5) is 4.66. The molecule has 3 rings (SSSR count). The number of hydrogen-bond donors (Lipinski definition) is 1. The molecular formula is C12H14BrN3. The molecule has 1 aliphatic rings. The summed E-state index contributed by atoms with van der Waals surface area (Å²) >= 11 is 3.53. The van der Waals surface area contributed by atoms with Crippen LogP contribution >= 0.6 is 15.9 Å². The standard InChI is InChI=1S/C12H14BrN3/c13-11-2-1-5-16-8-10(15-12(11)16)6-9-3-4-14-7-9/h1-2,5,8-9,14H,3-4,6-7H2. The molecule has 1 saturated heterocycles. The molecule has 84 valence electrons. The quantitative estimate of drug-likeness (QED) is 0.914. The average Bonchev–Trinajstić information content (AvgIpc) is 2.88. The van der Waals surface area contributed by atoms with Crippen LogP contribution in [0.4, 0.5) is 0 Å². The number of pyridine rings is 1. The van der Waals surface area contributed by atoms with E-state index in [1.54, 1.807) is 0 Å². The summed E-state index contributed by atoms with van der Waals surface area (Å²) in [6, 6.07) is 4.06. The highest BCUT2D eigenvalue weighted by Crippen LogP contribution is 2.19. The number of hydrogen-bond acceptors (Lipinski definition) is 2. The first-order valence-electron chi connectivity index (χ1n) is 5.66. The summed E-state index contributed by atoms with van der Waals surface area (Å²) in [7, 11) is 0. The van der Waals surface area contributed by atoms with Crippen molar-refractivity contribution in [3.8, 4) is 0 Å². The van der Waals surface area contributed by atoms with Crippen LogP contribution in [0.15, 0.2) is 29.0 Å². The van der Waals surface area contributed by atoms with Gasteiger partial charge >= 0.3 is 0 Å². The maximum absolute atomic E-state index is 4.66. The van der Waals surface area contributed by atoms with Crippen LogP contribution in [-0.4, -0.2) is 22.5 Å². The van der Waals surface area contributed by atoms with Crippen LogP contribution in [0.1, 0.15) is 12.1 Å². The molecule has 0 aliphatic carbocycles. The Bertz CT molecular complexity index is 500. The predicted octanol–water partition coefficient (Wildman–Crippen LogP) is 2.25. The molecule has 0 bridgehead atoms. The number of nitrogens with one attached hydrogen (secondary N) is 1. The van der Waals surface area contributed by atoms with Crippen LogP contribution in [0, 0.1) is 5.92 Å². The van der Waals surface area contributed by atoms with Gasteiger partial charge in [-0.1, -0.05) is 0 Å². The van der Waals surface area contributed by atoms with Crippen molar-refractivity contribution in [1.29, 1.82) is 0 Å². The normalized spacial score (nSPS) is 20.7. The zero-order chi connectivity index (χ0) is 11.0. The molecule has 0 saturated carbocycles. The Morgan fingerprint density at radius 3 is 3.25 bits per heavy atom. The Morgan fingerprint density at radius 1 is 1.56 bits per heavy atom. The monoisotopic (exact) mass is 279 g/mol. The molecule has 16 heavy (non-hydrogen) atoms. The van der Waals surface area contributed by atoms with Gasteiger partial charge in [-0.05, 0) is 59.9 Å². The Balaban J connectivity index is 1.90. The van der Waals surface area contributed by atoms with Crippen LogP contribution in [0.3, 0.4) is 0 Å². The van der Waals surface area contributed by atoms with Gasteiger partial charge in [0.1, 0.15) is 0 Å². The number of fused-ring (bicyclic) bond motifs is 1. The third-order valence-electron chi connectivity index (χ3n) is 3.15. The lowest BCUT2D eigenvalue weighted by molar-refractivity contribution is 0.573. The van der Waals surface area contributed by atoms with Crippen molar-refractivity contribution in [1.82, 2.24) is 14.7 Å². The third kappa shape index (κ3) is 1.87. The number of rotatable bonds is 2. The Labute approximate surface area is 103 Å². The average molecular weight is 280 g/mol. The van der Waals surface area contributed by atoms with Crippen LogP contribution in [0.25, 0.3) is 5.65 Å². The van der Waals surface area contributed by atoms with Crippen molar-refractivity contribution in [2.24, 2.45) is 5.92 Å². The lowest BCUT2D eigenvalue weighted by Gasteiger charge is -2.03. The number of nitrogens with zero attached hydrogens (tertiary/aromatic N) is 2. The fourth-order valence-electron chi connectivity index (χ4n) is 2.31. The maximum atomic E-state index is 4.66. The minimum atomic E-state index is 0.753. The predicted molar refractivity (Wildman–Crippen MR) is 67.6 cm³/mol. The molecule has 3 nitrogen and oxygen atoms in total. The number of imidazole rings is 1. The molecule has 1 N–H and O–H groups in total. The molecule has 0 aromatic carbocycles. The van der Waals surface area contributed by atoms with Crippen molar-refractivity contribution in [2.45, 2.75) is 12.8 Å². The zero-order valence-corrected chi connectivity index (χ0v) is 10.6. The van der Waals surface area contributed by atoms with Gasteiger partial charge in [-0.3, -0.25) is 0 Å². The SMILES string of the molecule is Brc1cccn2cc(CC3CCNC3)nc12. The molecule has 3 heterocycles. The highest BCUT2D eigenvalue weighted by atomic mass is 79.9. The van der Waals surface area contributed by atoms with Gasteiger partial charge in [0.15, 0.2) is 5.65 Å². The van der Waals surface area contributed by atoms with Gasteiger partial charge in [-0.15, -0.1) is 0 Å². The minimum Gasteiger partial charge on any atom is -0.316 e. The Kier molecular flexibility index (Phi) is 2.69. The third-order valence-corrected chi connectivity index (χ3v) is 3.76. The fraction of sp³-hybridized carbons (Fsp3) is 0.417. The molecule has 0 amide bonds. The van der Waals surface area contributed by atoms with E-state index in [4.69, 9.17) is 0 Å². The lowest BCUT2D eigenvalue weighted by atomic mass is 10.0. The summed E-state index contributed by atoms with van der Waals surface area (Å²) in [5.74, 6) is 0.753. The van der Waals surface area contributed by atoms with Crippen molar-refractivity contribution in [3.63, 3.8) is 0 Å². The molecule has 0 radical (unpaired) electrons. The van der Waals surface area contributed by atoms with Gasteiger partial charge in [0, 0.05) is 12.4 Å². The van der Waals surface area contributed by atoms with Crippen molar-refractivity contribution in [2.75, 3.05) is 13.1 Å². The maximum Gasteiger partial charge on any atom is 0.151 e. The van der Waals surface area contributed by atoms with Crippen LogP contribution in [0.5, 0.6) is 0 Å². The summed E-state index contributed by atoms with van der Waals surface area (Å²) in [5.41, 5.74) is 2.21. The molecule has 1 fully saturated rings. The summed E-state index contributed by atoms with van der Waals surface area (Å²) < 4.78 is 3.15. The highest BCUT2D eigenvalue weighted by molar-refractivity contribution is 9.10. The lowest BCUT2D eigenvalue weighted by Crippen LogP contribution is -2.10. The second-order valence-electron chi connectivity index (χ2n) is 4.38. The Hall–Kier alpha value is -0.870. The topological polar surface area (TPSA) is 29.3 Å². The largest absolute Gasteiger partial charge is 0.316 e. The van der Waals surface area contributed by atoms with Crippen LogP contribution in [0.2, 0.25) is 0 Å². The smallest absolute Gasteiger partial charge is 0.151 e. The van der Waals surface area contributed by atoms with Crippen molar-refractivity contribution in [3.05, 3.63) is 34.7 Å². The molecule has 2 aromatic heterocycles. The highest BCUT2D eigenvalue weighted by Gasteiger charge is 2.16. The summed E-state index contributed by atoms with van der Waals surface area (Å²) in [6.45, 7) is 2.29. The van der Waals surface area contributed by atoms with E-state index < -0.39 is 0 Å². The molecule has 4 heteroatoms. The molecule has 0 spiro atoms. The fourth-order valence-corrected chi connectivity index (χ4v) is 2.76. The van der Waals surface area contributed by atoms with Gasteiger partial charge in [0.25, 0.3) is 0 Å². The number of halogens is 1. The van der Waals surface area contributed by atoms with E-state index in [1.165, 1.54) is 12.1 Å². The second-order valence-corrected chi connectivity index (χ2v) is 5.24. The first-order chi connectivity index (χ1) is 7.83. The van der Waals surface area contributed by atoms with Crippen molar-refractivity contribution < 1.29 is 0 Å². The first-order valence-corrected chi connectivity index (χ1v) is 6.45. The Morgan fingerprint density at radius 2 is 2.50 bits per heavy atom. The van der Waals surface area contributed by atoms with E-state index in [9.17, 15) is 0 Å². The summed E-state index contributed by atoms with van der Waals surface area (Å²) in [6.07, 6.45) is 6.54. The van der Waals surface area contributed by atoms with E-state index in [0.29, 0.717) is 0 Å². The molecule has 2 aromatic rings. The van der Waals surface area contributed by atoms with E-state index in [1.807, 2.05) is 18.3 Å². The van der Waals surface area contributed by atoms with Gasteiger partial charge in [0.2, 0.25) is 0 Å². The van der Waals surface area contributed by atoms with Gasteiger partial charge < -0.3 is 9.72 Å². The minimum absolute atomic E-state index is 0.753. The van der Waals surface area contributed by atoms with E-state index in [2.05, 4.69) is 36.8 Å². The first kappa shape index (κ1) is 10.3. The van der Waals surface area contributed by atoms with E-state index in [0.717, 1.165) is 35.5 Å². The van der Waals surface area contributed by atoms with Gasteiger partial charge in [-0.2, -0.15) is 0 Å².